The lowest BCUT2D eigenvalue weighted by Gasteiger charge is -2.38. The molecule has 1 aromatic heterocycles. The van der Waals surface area contributed by atoms with Crippen molar-refractivity contribution < 1.29 is 14.8 Å². The second-order valence-electron chi connectivity index (χ2n) is 4.40. The van der Waals surface area contributed by atoms with E-state index in [-0.39, 0.29) is 29.6 Å². The minimum absolute atomic E-state index is 0.00775. The van der Waals surface area contributed by atoms with E-state index in [0.29, 0.717) is 19.0 Å². The minimum Gasteiger partial charge on any atom is -0.394 e. The molecule has 19 heavy (non-hydrogen) atoms. The maximum absolute atomic E-state index is 10.8. The van der Waals surface area contributed by atoms with E-state index in [1.165, 1.54) is 12.1 Å². The monoisotopic (exact) mass is 287 g/mol. The Hall–Kier alpha value is -1.44. The van der Waals surface area contributed by atoms with Gasteiger partial charge in [-0.05, 0) is 6.92 Å². The highest BCUT2D eigenvalue weighted by Gasteiger charge is 2.28. The summed E-state index contributed by atoms with van der Waals surface area (Å²) in [4.78, 5) is 16.3. The van der Waals surface area contributed by atoms with Gasteiger partial charge in [0.15, 0.2) is 0 Å². The zero-order valence-electron chi connectivity index (χ0n) is 10.3. The van der Waals surface area contributed by atoms with Gasteiger partial charge < -0.3 is 14.7 Å². The number of nitro groups is 1. The minimum atomic E-state index is -0.508. The molecular formula is C11H14ClN3O4. The average molecular weight is 288 g/mol. The van der Waals surface area contributed by atoms with Gasteiger partial charge in [0.05, 0.1) is 42.4 Å². The number of morpholine rings is 1. The number of anilines is 1. The normalized spacial score (nSPS) is 23.4. The number of aliphatic hydroxyl groups excluding tert-OH is 1. The van der Waals surface area contributed by atoms with Gasteiger partial charge in [0.25, 0.3) is 5.69 Å². The Morgan fingerprint density at radius 1 is 1.68 bits per heavy atom. The lowest BCUT2D eigenvalue weighted by Crippen LogP contribution is -2.50. The maximum atomic E-state index is 10.8. The van der Waals surface area contributed by atoms with Crippen LogP contribution >= 0.6 is 11.6 Å². The molecule has 7 nitrogen and oxygen atoms in total. The van der Waals surface area contributed by atoms with Gasteiger partial charge >= 0.3 is 0 Å². The Kier molecular flexibility index (Phi) is 4.18. The number of hydrogen-bond donors (Lipinski definition) is 1. The molecule has 0 amide bonds. The van der Waals surface area contributed by atoms with Crippen molar-refractivity contribution in [2.24, 2.45) is 0 Å². The van der Waals surface area contributed by atoms with Crippen LogP contribution in [0.1, 0.15) is 6.92 Å². The molecule has 1 aromatic rings. The fourth-order valence-electron chi connectivity index (χ4n) is 1.97. The highest BCUT2D eigenvalue weighted by atomic mass is 35.5. The summed E-state index contributed by atoms with van der Waals surface area (Å²) in [5.74, 6) is 0.424. The van der Waals surface area contributed by atoms with Gasteiger partial charge in [-0.3, -0.25) is 10.1 Å². The molecule has 0 saturated carbocycles. The summed E-state index contributed by atoms with van der Waals surface area (Å²) in [5, 5.41) is 20.0. The van der Waals surface area contributed by atoms with E-state index in [9.17, 15) is 10.1 Å². The number of hydrogen-bond acceptors (Lipinski definition) is 6. The Bertz CT molecular complexity index is 485. The molecule has 2 atom stereocenters. The van der Waals surface area contributed by atoms with Gasteiger partial charge in [0, 0.05) is 6.54 Å². The van der Waals surface area contributed by atoms with Crippen LogP contribution in [-0.4, -0.2) is 46.9 Å². The quantitative estimate of drug-likeness (QED) is 0.511. The van der Waals surface area contributed by atoms with Gasteiger partial charge in [-0.25, -0.2) is 4.98 Å². The third-order valence-electron chi connectivity index (χ3n) is 2.98. The number of ether oxygens (including phenoxy) is 1. The van der Waals surface area contributed by atoms with Crippen LogP contribution in [0.25, 0.3) is 0 Å². The molecule has 1 aliphatic rings. The van der Waals surface area contributed by atoms with Crippen molar-refractivity contribution in [1.29, 1.82) is 0 Å². The summed E-state index contributed by atoms with van der Waals surface area (Å²) >= 11 is 5.81. The molecule has 2 unspecified atom stereocenters. The van der Waals surface area contributed by atoms with E-state index in [2.05, 4.69) is 4.98 Å². The maximum Gasteiger partial charge on any atom is 0.276 e. The SMILES string of the molecule is CC1COC(CO)CN1c1cc([N+](=O)[O-])cc(Cl)n1. The standard InChI is InChI=1S/C11H14ClN3O4/c1-7-6-19-9(5-16)4-14(7)11-3-8(15(17)18)2-10(12)13-11/h2-3,7,9,16H,4-6H2,1H3. The molecule has 1 N–H and O–H groups in total. The van der Waals surface area contributed by atoms with Crippen molar-refractivity contribution in [3.8, 4) is 0 Å². The Balaban J connectivity index is 2.31. The molecule has 2 heterocycles. The predicted molar refractivity (Wildman–Crippen MR) is 69.5 cm³/mol. The molecule has 1 saturated heterocycles. The zero-order chi connectivity index (χ0) is 14.0. The van der Waals surface area contributed by atoms with Crippen LogP contribution in [0.15, 0.2) is 12.1 Å². The van der Waals surface area contributed by atoms with E-state index >= 15 is 0 Å². The van der Waals surface area contributed by atoms with Crippen molar-refractivity contribution in [3.05, 3.63) is 27.4 Å². The van der Waals surface area contributed by atoms with Gasteiger partial charge in [-0.1, -0.05) is 11.6 Å². The third kappa shape index (κ3) is 3.12. The molecule has 8 heteroatoms. The van der Waals surface area contributed by atoms with Crippen LogP contribution in [0, 0.1) is 10.1 Å². The smallest absolute Gasteiger partial charge is 0.276 e. The number of aliphatic hydroxyl groups is 1. The second kappa shape index (κ2) is 5.68. The number of nitrogens with zero attached hydrogens (tertiary/aromatic N) is 3. The van der Waals surface area contributed by atoms with Crippen LogP contribution in [0.2, 0.25) is 5.15 Å². The number of rotatable bonds is 3. The number of pyridine rings is 1. The first kappa shape index (κ1) is 14.0. The van der Waals surface area contributed by atoms with Gasteiger partial charge in [0.2, 0.25) is 0 Å². The van der Waals surface area contributed by atoms with E-state index in [1.807, 2.05) is 11.8 Å². The fourth-order valence-corrected chi connectivity index (χ4v) is 2.17. The van der Waals surface area contributed by atoms with Gasteiger partial charge in [-0.15, -0.1) is 0 Å². The molecule has 0 spiro atoms. The molecule has 0 bridgehead atoms. The predicted octanol–water partition coefficient (Wildman–Crippen LogP) is 1.23. The highest BCUT2D eigenvalue weighted by molar-refractivity contribution is 6.29. The Labute approximate surface area is 114 Å². The van der Waals surface area contributed by atoms with Crippen molar-refractivity contribution in [2.45, 2.75) is 19.1 Å². The third-order valence-corrected chi connectivity index (χ3v) is 3.17. The first-order chi connectivity index (χ1) is 9.01. The van der Waals surface area contributed by atoms with Crippen LogP contribution in [0.4, 0.5) is 11.5 Å². The van der Waals surface area contributed by atoms with Gasteiger partial charge in [-0.2, -0.15) is 0 Å². The zero-order valence-corrected chi connectivity index (χ0v) is 11.1. The summed E-state index contributed by atoms with van der Waals surface area (Å²) in [5.41, 5.74) is -0.103. The molecule has 1 aliphatic heterocycles. The van der Waals surface area contributed by atoms with Crippen LogP contribution in [0.3, 0.4) is 0 Å². The first-order valence-electron chi connectivity index (χ1n) is 5.82. The van der Waals surface area contributed by atoms with Gasteiger partial charge in [0.1, 0.15) is 11.0 Å². The lowest BCUT2D eigenvalue weighted by atomic mass is 10.2. The molecule has 0 aliphatic carbocycles. The van der Waals surface area contributed by atoms with E-state index < -0.39 is 4.92 Å². The molecule has 2 rings (SSSR count). The molecule has 104 valence electrons. The average Bonchev–Trinajstić information content (AvgIpc) is 2.38. The Morgan fingerprint density at radius 3 is 3.05 bits per heavy atom. The first-order valence-corrected chi connectivity index (χ1v) is 6.20. The summed E-state index contributed by atoms with van der Waals surface area (Å²) < 4.78 is 5.41. The highest BCUT2D eigenvalue weighted by Crippen LogP contribution is 2.26. The molecular weight excluding hydrogens is 274 g/mol. The van der Waals surface area contributed by atoms with E-state index in [1.54, 1.807) is 0 Å². The van der Waals surface area contributed by atoms with Crippen molar-refractivity contribution in [2.75, 3.05) is 24.7 Å². The fraction of sp³-hybridized carbons (Fsp3) is 0.545. The lowest BCUT2D eigenvalue weighted by molar-refractivity contribution is -0.384. The summed E-state index contributed by atoms with van der Waals surface area (Å²) in [6.07, 6.45) is -0.323. The van der Waals surface area contributed by atoms with Crippen molar-refractivity contribution >= 4 is 23.1 Å². The topological polar surface area (TPSA) is 88.7 Å². The molecule has 0 aromatic carbocycles. The second-order valence-corrected chi connectivity index (χ2v) is 4.79. The van der Waals surface area contributed by atoms with E-state index in [4.69, 9.17) is 21.4 Å². The summed E-state index contributed by atoms with van der Waals surface area (Å²) in [7, 11) is 0. The molecule has 0 radical (unpaired) electrons. The number of aromatic nitrogens is 1. The van der Waals surface area contributed by atoms with Crippen LogP contribution in [0.5, 0.6) is 0 Å². The summed E-state index contributed by atoms with van der Waals surface area (Å²) in [6.45, 7) is 2.66. The van der Waals surface area contributed by atoms with Crippen LogP contribution < -0.4 is 4.90 Å². The van der Waals surface area contributed by atoms with E-state index in [0.717, 1.165) is 0 Å². The van der Waals surface area contributed by atoms with Crippen molar-refractivity contribution in [3.63, 3.8) is 0 Å². The summed E-state index contributed by atoms with van der Waals surface area (Å²) in [6, 6.07) is 2.59. The Morgan fingerprint density at radius 2 is 2.42 bits per heavy atom. The number of halogens is 1. The van der Waals surface area contributed by atoms with Crippen molar-refractivity contribution in [1.82, 2.24) is 4.98 Å². The largest absolute Gasteiger partial charge is 0.394 e. The van der Waals surface area contributed by atoms with Crippen LogP contribution in [-0.2, 0) is 4.74 Å². The molecule has 1 fully saturated rings.